The number of alkyl halides is 2. The first kappa shape index (κ1) is 21.1. The second-order valence-corrected chi connectivity index (χ2v) is 8.42. The van der Waals surface area contributed by atoms with Crippen molar-refractivity contribution in [3.63, 3.8) is 0 Å². The number of nitrogens with zero attached hydrogens (tertiary/aromatic N) is 3. The number of anilines is 3. The molecular weight excluding hydrogens is 412 g/mol. The van der Waals surface area contributed by atoms with Crippen molar-refractivity contribution in [3.05, 3.63) is 34.5 Å². The highest BCUT2D eigenvalue weighted by Crippen LogP contribution is 2.36. The quantitative estimate of drug-likeness (QED) is 0.688. The third-order valence-corrected chi connectivity index (χ3v) is 6.32. The molecule has 4 rings (SSSR count). The van der Waals surface area contributed by atoms with Gasteiger partial charge in [0.05, 0.1) is 19.0 Å². The van der Waals surface area contributed by atoms with Crippen LogP contribution in [-0.2, 0) is 12.8 Å². The number of nitrogens with one attached hydrogen (secondary N) is 1. The number of aromatic nitrogens is 2. The molecule has 0 spiro atoms. The number of ether oxygens (including phenoxy) is 1. The minimum Gasteiger partial charge on any atom is -0.495 e. The zero-order chi connectivity index (χ0) is 21.3. The van der Waals surface area contributed by atoms with Gasteiger partial charge in [0.2, 0.25) is 5.95 Å². The lowest BCUT2D eigenvalue weighted by Crippen LogP contribution is -2.45. The Hall–Kier alpha value is -2.19. The summed E-state index contributed by atoms with van der Waals surface area (Å²) in [5.74, 6) is -1.29. The van der Waals surface area contributed by atoms with E-state index in [1.54, 1.807) is 7.11 Å². The Morgan fingerprint density at radius 1 is 1.27 bits per heavy atom. The van der Waals surface area contributed by atoms with Crippen molar-refractivity contribution in [3.8, 4) is 5.75 Å². The second kappa shape index (κ2) is 8.51. The predicted octanol–water partition coefficient (Wildman–Crippen LogP) is 4.44. The van der Waals surface area contributed by atoms with E-state index in [4.69, 9.17) is 22.1 Å². The normalized spacial score (nSPS) is 21.5. The van der Waals surface area contributed by atoms with E-state index in [1.165, 1.54) is 17.3 Å². The van der Waals surface area contributed by atoms with Crippen molar-refractivity contribution in [1.29, 1.82) is 0 Å². The number of methoxy groups -OCH3 is 1. The van der Waals surface area contributed by atoms with E-state index in [9.17, 15) is 8.78 Å². The zero-order valence-electron chi connectivity index (χ0n) is 16.9. The molecule has 2 heterocycles. The molecule has 162 valence electrons. The number of hydrogen-bond donors (Lipinski definition) is 2. The van der Waals surface area contributed by atoms with E-state index < -0.39 is 5.92 Å². The number of benzene rings is 1. The van der Waals surface area contributed by atoms with Gasteiger partial charge >= 0.3 is 0 Å². The fraction of sp³-hybridized carbons (Fsp3) is 0.524. The molecule has 0 bridgehead atoms. The molecule has 30 heavy (non-hydrogen) atoms. The summed E-state index contributed by atoms with van der Waals surface area (Å²) >= 11 is 5.90. The molecule has 0 saturated carbocycles. The molecule has 9 heteroatoms. The topological polar surface area (TPSA) is 76.3 Å². The monoisotopic (exact) mass is 437 g/mol. The van der Waals surface area contributed by atoms with Gasteiger partial charge in [-0.3, -0.25) is 4.90 Å². The molecule has 2 aromatic rings. The van der Waals surface area contributed by atoms with Gasteiger partial charge in [0, 0.05) is 32.0 Å². The van der Waals surface area contributed by atoms with Gasteiger partial charge in [-0.15, -0.1) is 0 Å². The van der Waals surface area contributed by atoms with Crippen molar-refractivity contribution in [2.24, 2.45) is 0 Å². The summed E-state index contributed by atoms with van der Waals surface area (Å²) in [6.45, 7) is 0.915. The second-order valence-electron chi connectivity index (χ2n) is 8.02. The minimum absolute atomic E-state index is 0.0488. The summed E-state index contributed by atoms with van der Waals surface area (Å²) in [5, 5.41) is 3.47. The number of nitrogens with two attached hydrogens (primary N) is 1. The SMILES string of the molecule is COc1cc2c(cc1Nc1ncc(Cl)c(N)n1)CCCC(N1CCC(F)(F)CC1)C2. The average Bonchev–Trinajstić information content (AvgIpc) is 2.92. The van der Waals surface area contributed by atoms with Crippen LogP contribution < -0.4 is 15.8 Å². The minimum atomic E-state index is -2.52. The first-order valence-electron chi connectivity index (χ1n) is 10.2. The number of aryl methyl sites for hydroxylation is 1. The van der Waals surface area contributed by atoms with E-state index in [-0.39, 0.29) is 24.7 Å². The van der Waals surface area contributed by atoms with E-state index in [0.717, 1.165) is 31.4 Å². The highest BCUT2D eigenvalue weighted by atomic mass is 35.5. The standard InChI is InChI=1S/C21H26ClF2N5O/c1-30-18-11-14-9-15(29-7-5-21(23,24)6-8-29)4-2-3-13(14)10-17(18)27-20-26-12-16(22)19(25)28-20/h10-12,15H,2-9H2,1H3,(H3,25,26,27,28). The van der Waals surface area contributed by atoms with Crippen LogP contribution in [0.25, 0.3) is 0 Å². The number of nitrogen functional groups attached to an aromatic ring is 1. The van der Waals surface area contributed by atoms with Crippen LogP contribution in [0.4, 0.5) is 26.2 Å². The predicted molar refractivity (Wildman–Crippen MR) is 114 cm³/mol. The summed E-state index contributed by atoms with van der Waals surface area (Å²) in [5.41, 5.74) is 8.96. The molecule has 1 atom stereocenters. The molecule has 1 aromatic carbocycles. The Kier molecular flexibility index (Phi) is 5.97. The Balaban J connectivity index is 1.55. The van der Waals surface area contributed by atoms with Gasteiger partial charge in [-0.2, -0.15) is 4.98 Å². The molecule has 1 saturated heterocycles. The van der Waals surface area contributed by atoms with Gasteiger partial charge in [-0.25, -0.2) is 13.8 Å². The van der Waals surface area contributed by atoms with Crippen LogP contribution in [0.15, 0.2) is 18.3 Å². The molecule has 2 aliphatic rings. The maximum Gasteiger partial charge on any atom is 0.250 e. The number of hydrogen-bond acceptors (Lipinski definition) is 6. The Morgan fingerprint density at radius 2 is 2.03 bits per heavy atom. The zero-order valence-corrected chi connectivity index (χ0v) is 17.7. The summed E-state index contributed by atoms with van der Waals surface area (Å²) < 4.78 is 32.7. The van der Waals surface area contributed by atoms with E-state index >= 15 is 0 Å². The first-order valence-corrected chi connectivity index (χ1v) is 10.6. The van der Waals surface area contributed by atoms with Crippen molar-refractivity contribution in [1.82, 2.24) is 14.9 Å². The van der Waals surface area contributed by atoms with Crippen LogP contribution in [0.2, 0.25) is 5.02 Å². The molecule has 1 aliphatic carbocycles. The molecule has 0 radical (unpaired) electrons. The van der Waals surface area contributed by atoms with Gasteiger partial charge in [0.1, 0.15) is 16.6 Å². The molecule has 1 unspecified atom stereocenters. The van der Waals surface area contributed by atoms with Crippen LogP contribution in [-0.4, -0.2) is 47.0 Å². The number of fused-ring (bicyclic) bond motifs is 1. The molecule has 0 amide bonds. The molecule has 6 nitrogen and oxygen atoms in total. The lowest BCUT2D eigenvalue weighted by Gasteiger charge is -2.37. The Labute approximate surface area is 179 Å². The Morgan fingerprint density at radius 3 is 2.73 bits per heavy atom. The van der Waals surface area contributed by atoms with Gasteiger partial charge in [-0.05, 0) is 48.9 Å². The van der Waals surface area contributed by atoms with Crippen molar-refractivity contribution in [2.45, 2.75) is 50.5 Å². The van der Waals surface area contributed by atoms with Gasteiger partial charge in [0.15, 0.2) is 0 Å². The molecule has 1 aromatic heterocycles. The van der Waals surface area contributed by atoms with Crippen LogP contribution in [0.5, 0.6) is 5.75 Å². The van der Waals surface area contributed by atoms with E-state index in [2.05, 4.69) is 26.3 Å². The summed E-state index contributed by atoms with van der Waals surface area (Å²) in [4.78, 5) is 10.6. The fourth-order valence-electron chi connectivity index (χ4n) is 4.33. The van der Waals surface area contributed by atoms with Crippen LogP contribution >= 0.6 is 11.6 Å². The third kappa shape index (κ3) is 4.59. The average molecular weight is 438 g/mol. The van der Waals surface area contributed by atoms with Crippen LogP contribution in [0.1, 0.15) is 36.8 Å². The maximum absolute atomic E-state index is 13.6. The van der Waals surface area contributed by atoms with Crippen molar-refractivity contribution in [2.75, 3.05) is 31.2 Å². The molecule has 1 fully saturated rings. The van der Waals surface area contributed by atoms with Crippen LogP contribution in [0, 0.1) is 0 Å². The van der Waals surface area contributed by atoms with Crippen molar-refractivity contribution < 1.29 is 13.5 Å². The van der Waals surface area contributed by atoms with Gasteiger partial charge in [-0.1, -0.05) is 11.6 Å². The summed E-state index contributed by atoms with van der Waals surface area (Å²) in [6, 6.07) is 4.38. The fourth-order valence-corrected chi connectivity index (χ4v) is 4.42. The van der Waals surface area contributed by atoms with Crippen molar-refractivity contribution >= 4 is 29.1 Å². The van der Waals surface area contributed by atoms with Gasteiger partial charge in [0.25, 0.3) is 5.92 Å². The molecule has 3 N–H and O–H groups in total. The number of likely N-dealkylation sites (tertiary alicyclic amines) is 1. The highest BCUT2D eigenvalue weighted by Gasteiger charge is 2.36. The number of rotatable bonds is 4. The number of piperidine rings is 1. The molecular formula is C21H26ClF2N5O. The first-order chi connectivity index (χ1) is 14.3. The lowest BCUT2D eigenvalue weighted by molar-refractivity contribution is -0.0635. The van der Waals surface area contributed by atoms with E-state index in [1.807, 2.05) is 6.07 Å². The summed E-state index contributed by atoms with van der Waals surface area (Å²) in [6.07, 6.45) is 5.14. The van der Waals surface area contributed by atoms with Crippen LogP contribution in [0.3, 0.4) is 0 Å². The Bertz CT molecular complexity index is 917. The highest BCUT2D eigenvalue weighted by molar-refractivity contribution is 6.32. The maximum atomic E-state index is 13.6. The largest absolute Gasteiger partial charge is 0.495 e. The summed E-state index contributed by atoms with van der Waals surface area (Å²) in [7, 11) is 1.62. The lowest BCUT2D eigenvalue weighted by atomic mass is 9.97. The number of halogens is 3. The van der Waals surface area contributed by atoms with Gasteiger partial charge < -0.3 is 15.8 Å². The van der Waals surface area contributed by atoms with E-state index in [0.29, 0.717) is 29.8 Å². The third-order valence-electron chi connectivity index (χ3n) is 6.02. The molecule has 1 aliphatic heterocycles. The smallest absolute Gasteiger partial charge is 0.250 e.